The lowest BCUT2D eigenvalue weighted by molar-refractivity contribution is 0.748. The van der Waals surface area contributed by atoms with Crippen molar-refractivity contribution in [2.75, 3.05) is 6.54 Å². The highest BCUT2D eigenvalue weighted by atomic mass is 14.7. The van der Waals surface area contributed by atoms with Gasteiger partial charge in [0.15, 0.2) is 0 Å². The molecule has 0 amide bonds. The number of aryl methyl sites for hydroxylation is 3. The SMILES string of the molecule is CCCCc1ccc2[nH]c(-c3ccccc3C)c(CCCCN)c2c1. The Kier molecular flexibility index (Phi) is 5.93. The molecule has 1 aromatic heterocycles. The Hall–Kier alpha value is -2.06. The zero-order valence-corrected chi connectivity index (χ0v) is 15.6. The molecule has 2 heteroatoms. The lowest BCUT2D eigenvalue weighted by Gasteiger charge is -2.08. The van der Waals surface area contributed by atoms with Crippen LogP contribution in [0.4, 0.5) is 0 Å². The molecule has 2 aromatic carbocycles. The minimum Gasteiger partial charge on any atom is -0.354 e. The molecule has 0 fully saturated rings. The third-order valence-electron chi connectivity index (χ3n) is 5.08. The molecular weight excluding hydrogens is 304 g/mol. The van der Waals surface area contributed by atoms with Gasteiger partial charge in [0, 0.05) is 22.2 Å². The van der Waals surface area contributed by atoms with E-state index in [1.54, 1.807) is 0 Å². The Labute approximate surface area is 151 Å². The van der Waals surface area contributed by atoms with E-state index in [1.165, 1.54) is 58.1 Å². The van der Waals surface area contributed by atoms with Crippen LogP contribution in [0.3, 0.4) is 0 Å². The van der Waals surface area contributed by atoms with E-state index in [4.69, 9.17) is 5.73 Å². The zero-order chi connectivity index (χ0) is 17.6. The third kappa shape index (κ3) is 3.96. The first-order chi connectivity index (χ1) is 12.2. The van der Waals surface area contributed by atoms with Crippen molar-refractivity contribution in [3.05, 3.63) is 59.2 Å². The molecule has 0 unspecified atom stereocenters. The summed E-state index contributed by atoms with van der Waals surface area (Å²) in [5.74, 6) is 0. The number of rotatable bonds is 8. The Bertz CT molecular complexity index is 829. The Morgan fingerprint density at radius 2 is 1.80 bits per heavy atom. The third-order valence-corrected chi connectivity index (χ3v) is 5.08. The summed E-state index contributed by atoms with van der Waals surface area (Å²) < 4.78 is 0. The Morgan fingerprint density at radius 1 is 0.960 bits per heavy atom. The Balaban J connectivity index is 2.08. The predicted octanol–water partition coefficient (Wildman–Crippen LogP) is 5.77. The van der Waals surface area contributed by atoms with Crippen molar-refractivity contribution < 1.29 is 0 Å². The molecule has 0 saturated heterocycles. The van der Waals surface area contributed by atoms with Gasteiger partial charge < -0.3 is 10.7 Å². The van der Waals surface area contributed by atoms with Crippen molar-refractivity contribution in [2.45, 2.75) is 52.4 Å². The van der Waals surface area contributed by atoms with E-state index in [0.29, 0.717) is 0 Å². The highest BCUT2D eigenvalue weighted by Gasteiger charge is 2.14. The molecule has 0 bridgehead atoms. The van der Waals surface area contributed by atoms with Crippen molar-refractivity contribution in [1.82, 2.24) is 4.98 Å². The van der Waals surface area contributed by atoms with Crippen LogP contribution in [0.15, 0.2) is 42.5 Å². The fraction of sp³-hybridized carbons (Fsp3) is 0.391. The van der Waals surface area contributed by atoms with Gasteiger partial charge in [0.1, 0.15) is 0 Å². The lowest BCUT2D eigenvalue weighted by Crippen LogP contribution is -1.99. The van der Waals surface area contributed by atoms with Crippen LogP contribution in [0, 0.1) is 6.92 Å². The number of aromatic amines is 1. The predicted molar refractivity (Wildman–Crippen MR) is 109 cm³/mol. The van der Waals surface area contributed by atoms with Crippen LogP contribution in [0.5, 0.6) is 0 Å². The van der Waals surface area contributed by atoms with Gasteiger partial charge in [-0.2, -0.15) is 0 Å². The molecule has 3 rings (SSSR count). The first kappa shape index (κ1) is 17.8. The zero-order valence-electron chi connectivity index (χ0n) is 15.6. The first-order valence-electron chi connectivity index (χ1n) is 9.64. The van der Waals surface area contributed by atoms with Crippen molar-refractivity contribution in [3.8, 4) is 11.3 Å². The summed E-state index contributed by atoms with van der Waals surface area (Å²) in [6.45, 7) is 5.21. The highest BCUT2D eigenvalue weighted by Crippen LogP contribution is 2.34. The average molecular weight is 335 g/mol. The normalized spacial score (nSPS) is 11.3. The summed E-state index contributed by atoms with van der Waals surface area (Å²) in [6, 6.07) is 15.6. The van der Waals surface area contributed by atoms with Gasteiger partial charge in [0.05, 0.1) is 0 Å². The van der Waals surface area contributed by atoms with E-state index in [0.717, 1.165) is 25.8 Å². The van der Waals surface area contributed by atoms with Crippen LogP contribution in [0.2, 0.25) is 0 Å². The lowest BCUT2D eigenvalue weighted by atomic mass is 9.96. The van der Waals surface area contributed by atoms with E-state index in [1.807, 2.05) is 0 Å². The van der Waals surface area contributed by atoms with Crippen molar-refractivity contribution in [3.63, 3.8) is 0 Å². The van der Waals surface area contributed by atoms with Gasteiger partial charge in [-0.3, -0.25) is 0 Å². The second-order valence-electron chi connectivity index (χ2n) is 7.02. The summed E-state index contributed by atoms with van der Waals surface area (Å²) in [5, 5.41) is 1.39. The number of benzene rings is 2. The summed E-state index contributed by atoms with van der Waals surface area (Å²) >= 11 is 0. The number of H-pyrrole nitrogens is 1. The maximum atomic E-state index is 5.73. The summed E-state index contributed by atoms with van der Waals surface area (Å²) in [6.07, 6.45) is 6.96. The van der Waals surface area contributed by atoms with E-state index in [-0.39, 0.29) is 0 Å². The van der Waals surface area contributed by atoms with E-state index in [2.05, 4.69) is 61.3 Å². The van der Waals surface area contributed by atoms with Gasteiger partial charge in [-0.05, 0) is 74.4 Å². The molecule has 0 saturated carbocycles. The van der Waals surface area contributed by atoms with Crippen LogP contribution in [0.1, 0.15) is 49.3 Å². The second kappa shape index (κ2) is 8.35. The maximum absolute atomic E-state index is 5.73. The van der Waals surface area contributed by atoms with E-state index in [9.17, 15) is 0 Å². The molecule has 0 aliphatic rings. The molecule has 25 heavy (non-hydrogen) atoms. The number of fused-ring (bicyclic) bond motifs is 1. The topological polar surface area (TPSA) is 41.8 Å². The fourth-order valence-electron chi connectivity index (χ4n) is 3.62. The number of unbranched alkanes of at least 4 members (excludes halogenated alkanes) is 2. The molecule has 3 aromatic rings. The number of hydrogen-bond acceptors (Lipinski definition) is 1. The van der Waals surface area contributed by atoms with Gasteiger partial charge in [-0.15, -0.1) is 0 Å². The van der Waals surface area contributed by atoms with E-state index < -0.39 is 0 Å². The Morgan fingerprint density at radius 3 is 2.56 bits per heavy atom. The fourth-order valence-corrected chi connectivity index (χ4v) is 3.62. The largest absolute Gasteiger partial charge is 0.354 e. The first-order valence-corrected chi connectivity index (χ1v) is 9.64. The molecule has 0 aliphatic carbocycles. The van der Waals surface area contributed by atoms with Gasteiger partial charge in [-0.25, -0.2) is 0 Å². The van der Waals surface area contributed by atoms with Gasteiger partial charge in [-0.1, -0.05) is 43.7 Å². The van der Waals surface area contributed by atoms with Crippen LogP contribution >= 0.6 is 0 Å². The van der Waals surface area contributed by atoms with Crippen molar-refractivity contribution >= 4 is 10.9 Å². The molecule has 3 N–H and O–H groups in total. The molecule has 0 spiro atoms. The quantitative estimate of drug-likeness (QED) is 0.505. The van der Waals surface area contributed by atoms with Crippen LogP contribution in [0.25, 0.3) is 22.2 Å². The molecule has 1 heterocycles. The standard InChI is InChI=1S/C23H30N2/c1-3-4-10-18-13-14-22-21(16-18)20(12-7-8-15-24)23(25-22)19-11-6-5-9-17(19)2/h5-6,9,11,13-14,16,25H,3-4,7-8,10,12,15,24H2,1-2H3. The summed E-state index contributed by atoms with van der Waals surface area (Å²) in [4.78, 5) is 3.70. The molecule has 0 radical (unpaired) electrons. The van der Waals surface area contributed by atoms with E-state index >= 15 is 0 Å². The second-order valence-corrected chi connectivity index (χ2v) is 7.02. The molecule has 0 aliphatic heterocycles. The van der Waals surface area contributed by atoms with Crippen LogP contribution in [-0.4, -0.2) is 11.5 Å². The number of nitrogens with one attached hydrogen (secondary N) is 1. The monoisotopic (exact) mass is 334 g/mol. The summed E-state index contributed by atoms with van der Waals surface area (Å²) in [7, 11) is 0. The minimum absolute atomic E-state index is 0.768. The highest BCUT2D eigenvalue weighted by molar-refractivity contribution is 5.91. The molecule has 132 valence electrons. The number of hydrogen-bond donors (Lipinski definition) is 2. The summed E-state index contributed by atoms with van der Waals surface area (Å²) in [5.41, 5.74) is 13.8. The van der Waals surface area contributed by atoms with Gasteiger partial charge >= 0.3 is 0 Å². The number of aromatic nitrogens is 1. The van der Waals surface area contributed by atoms with Crippen molar-refractivity contribution in [1.29, 1.82) is 0 Å². The van der Waals surface area contributed by atoms with Crippen LogP contribution < -0.4 is 5.73 Å². The van der Waals surface area contributed by atoms with Crippen LogP contribution in [-0.2, 0) is 12.8 Å². The smallest absolute Gasteiger partial charge is 0.0500 e. The minimum atomic E-state index is 0.768. The number of nitrogens with two attached hydrogens (primary N) is 1. The van der Waals surface area contributed by atoms with Crippen molar-refractivity contribution in [2.24, 2.45) is 5.73 Å². The molecule has 2 nitrogen and oxygen atoms in total. The van der Waals surface area contributed by atoms with Gasteiger partial charge in [0.2, 0.25) is 0 Å². The van der Waals surface area contributed by atoms with Gasteiger partial charge in [0.25, 0.3) is 0 Å². The maximum Gasteiger partial charge on any atom is 0.0500 e. The molecular formula is C23H30N2. The molecule has 0 atom stereocenters. The average Bonchev–Trinajstić information content (AvgIpc) is 2.98.